The van der Waals surface area contributed by atoms with Crippen molar-refractivity contribution in [3.63, 3.8) is 0 Å². The number of aromatic nitrogens is 3. The molecule has 0 aliphatic rings. The topological polar surface area (TPSA) is 62.5 Å². The standard InChI is InChI=1S/C11H8N4/c12-6-10(9-2-1-4-13-7-9)11-3-5-14-8-15-11/h1-5,7-8,10H. The number of hydrogen-bond acceptors (Lipinski definition) is 4. The van der Waals surface area contributed by atoms with Crippen molar-refractivity contribution in [2.24, 2.45) is 0 Å². The van der Waals surface area contributed by atoms with Crippen molar-refractivity contribution in [1.29, 1.82) is 5.26 Å². The maximum Gasteiger partial charge on any atom is 0.115 e. The van der Waals surface area contributed by atoms with E-state index in [0.717, 1.165) is 5.56 Å². The maximum atomic E-state index is 9.09. The van der Waals surface area contributed by atoms with Crippen LogP contribution in [-0.4, -0.2) is 15.0 Å². The summed E-state index contributed by atoms with van der Waals surface area (Å²) in [5.74, 6) is -0.373. The van der Waals surface area contributed by atoms with Crippen molar-refractivity contribution >= 4 is 0 Å². The molecule has 72 valence electrons. The molecule has 0 aromatic carbocycles. The van der Waals surface area contributed by atoms with Crippen molar-refractivity contribution in [1.82, 2.24) is 15.0 Å². The van der Waals surface area contributed by atoms with Gasteiger partial charge in [0, 0.05) is 18.6 Å². The lowest BCUT2D eigenvalue weighted by atomic mass is 9.99. The van der Waals surface area contributed by atoms with Crippen molar-refractivity contribution < 1.29 is 0 Å². The van der Waals surface area contributed by atoms with Crippen LogP contribution in [0.3, 0.4) is 0 Å². The fourth-order valence-electron chi connectivity index (χ4n) is 1.33. The van der Waals surface area contributed by atoms with Crippen LogP contribution in [-0.2, 0) is 0 Å². The average molecular weight is 196 g/mol. The Morgan fingerprint density at radius 2 is 2.13 bits per heavy atom. The van der Waals surface area contributed by atoms with Crippen LogP contribution >= 0.6 is 0 Å². The van der Waals surface area contributed by atoms with E-state index in [4.69, 9.17) is 5.26 Å². The molecule has 4 heteroatoms. The monoisotopic (exact) mass is 196 g/mol. The minimum absolute atomic E-state index is 0.373. The average Bonchev–Trinajstić information content (AvgIpc) is 2.33. The smallest absolute Gasteiger partial charge is 0.115 e. The lowest BCUT2D eigenvalue weighted by Gasteiger charge is -2.06. The van der Waals surface area contributed by atoms with Crippen LogP contribution in [0.2, 0.25) is 0 Å². The molecular formula is C11H8N4. The summed E-state index contributed by atoms with van der Waals surface area (Å²) in [4.78, 5) is 11.9. The van der Waals surface area contributed by atoms with Crippen LogP contribution in [0.15, 0.2) is 43.1 Å². The van der Waals surface area contributed by atoms with E-state index in [2.05, 4.69) is 21.0 Å². The quantitative estimate of drug-likeness (QED) is 0.730. The largest absolute Gasteiger partial charge is 0.264 e. The minimum atomic E-state index is -0.373. The second kappa shape index (κ2) is 4.29. The van der Waals surface area contributed by atoms with Gasteiger partial charge in [-0.3, -0.25) is 4.98 Å². The zero-order valence-electron chi connectivity index (χ0n) is 7.91. The van der Waals surface area contributed by atoms with Gasteiger partial charge in [-0.25, -0.2) is 9.97 Å². The molecule has 4 nitrogen and oxygen atoms in total. The summed E-state index contributed by atoms with van der Waals surface area (Å²) in [6.07, 6.45) is 6.42. The number of nitrogens with zero attached hydrogens (tertiary/aromatic N) is 4. The zero-order valence-corrected chi connectivity index (χ0v) is 7.91. The molecule has 2 rings (SSSR count). The maximum absolute atomic E-state index is 9.09. The molecule has 2 aromatic rings. The molecule has 1 unspecified atom stereocenters. The van der Waals surface area contributed by atoms with E-state index in [9.17, 15) is 0 Å². The van der Waals surface area contributed by atoms with Crippen LogP contribution in [0.25, 0.3) is 0 Å². The molecule has 0 saturated heterocycles. The van der Waals surface area contributed by atoms with Gasteiger partial charge in [0.25, 0.3) is 0 Å². The van der Waals surface area contributed by atoms with Gasteiger partial charge in [0.2, 0.25) is 0 Å². The first kappa shape index (κ1) is 9.28. The summed E-state index contributed by atoms with van der Waals surface area (Å²) in [7, 11) is 0. The Morgan fingerprint density at radius 3 is 2.73 bits per heavy atom. The van der Waals surface area contributed by atoms with E-state index in [1.54, 1.807) is 30.7 Å². The fourth-order valence-corrected chi connectivity index (χ4v) is 1.33. The Morgan fingerprint density at radius 1 is 1.20 bits per heavy atom. The summed E-state index contributed by atoms with van der Waals surface area (Å²) in [5.41, 5.74) is 1.54. The van der Waals surface area contributed by atoms with E-state index in [1.807, 2.05) is 6.07 Å². The number of rotatable bonds is 2. The Balaban J connectivity index is 2.39. The Bertz CT molecular complexity index is 421. The molecule has 0 spiro atoms. The third kappa shape index (κ3) is 1.97. The summed E-state index contributed by atoms with van der Waals surface area (Å²) in [6.45, 7) is 0. The molecule has 0 aliphatic carbocycles. The van der Waals surface area contributed by atoms with E-state index >= 15 is 0 Å². The lowest BCUT2D eigenvalue weighted by Crippen LogP contribution is -2.01. The highest BCUT2D eigenvalue weighted by molar-refractivity contribution is 5.31. The molecular weight excluding hydrogens is 188 g/mol. The molecule has 2 aromatic heterocycles. The van der Waals surface area contributed by atoms with Crippen molar-refractivity contribution in [3.05, 3.63) is 54.4 Å². The lowest BCUT2D eigenvalue weighted by molar-refractivity contribution is 0.935. The summed E-state index contributed by atoms with van der Waals surface area (Å²) in [6, 6.07) is 7.61. The molecule has 1 atom stereocenters. The highest BCUT2D eigenvalue weighted by atomic mass is 14.8. The van der Waals surface area contributed by atoms with Gasteiger partial charge in [-0.15, -0.1) is 0 Å². The first-order valence-electron chi connectivity index (χ1n) is 4.47. The van der Waals surface area contributed by atoms with Gasteiger partial charge in [-0.1, -0.05) is 6.07 Å². The Labute approximate surface area is 87.3 Å². The molecule has 0 saturated carbocycles. The molecule has 0 fully saturated rings. The molecule has 2 heterocycles. The van der Waals surface area contributed by atoms with Gasteiger partial charge in [-0.05, 0) is 17.7 Å². The van der Waals surface area contributed by atoms with Crippen LogP contribution in [0, 0.1) is 11.3 Å². The van der Waals surface area contributed by atoms with E-state index in [-0.39, 0.29) is 5.92 Å². The van der Waals surface area contributed by atoms with Crippen LogP contribution in [0.4, 0.5) is 0 Å². The van der Waals surface area contributed by atoms with Gasteiger partial charge < -0.3 is 0 Å². The van der Waals surface area contributed by atoms with Crippen molar-refractivity contribution in [2.75, 3.05) is 0 Å². The molecule has 0 N–H and O–H groups in total. The fraction of sp³-hybridized carbons (Fsp3) is 0.0909. The summed E-state index contributed by atoms with van der Waals surface area (Å²) < 4.78 is 0. The molecule has 15 heavy (non-hydrogen) atoms. The minimum Gasteiger partial charge on any atom is -0.264 e. The first-order valence-corrected chi connectivity index (χ1v) is 4.47. The van der Waals surface area contributed by atoms with Crippen LogP contribution in [0.1, 0.15) is 17.2 Å². The molecule has 0 radical (unpaired) electrons. The molecule has 0 amide bonds. The summed E-state index contributed by atoms with van der Waals surface area (Å²) in [5, 5.41) is 9.09. The van der Waals surface area contributed by atoms with Gasteiger partial charge in [-0.2, -0.15) is 5.26 Å². The third-order valence-electron chi connectivity index (χ3n) is 2.05. The van der Waals surface area contributed by atoms with Gasteiger partial charge >= 0.3 is 0 Å². The predicted molar refractivity (Wildman–Crippen MR) is 53.7 cm³/mol. The van der Waals surface area contributed by atoms with E-state index in [1.165, 1.54) is 6.33 Å². The van der Waals surface area contributed by atoms with Crippen LogP contribution < -0.4 is 0 Å². The van der Waals surface area contributed by atoms with Crippen LogP contribution in [0.5, 0.6) is 0 Å². The number of hydrogen-bond donors (Lipinski definition) is 0. The Kier molecular flexibility index (Phi) is 2.65. The van der Waals surface area contributed by atoms with E-state index in [0.29, 0.717) is 5.69 Å². The Hall–Kier alpha value is -2.28. The summed E-state index contributed by atoms with van der Waals surface area (Å²) >= 11 is 0. The molecule has 0 aliphatic heterocycles. The van der Waals surface area contributed by atoms with E-state index < -0.39 is 0 Å². The number of pyridine rings is 1. The van der Waals surface area contributed by atoms with Gasteiger partial charge in [0.05, 0.1) is 11.8 Å². The first-order chi connectivity index (χ1) is 7.42. The highest BCUT2D eigenvalue weighted by Gasteiger charge is 2.13. The second-order valence-electron chi connectivity index (χ2n) is 2.98. The second-order valence-corrected chi connectivity index (χ2v) is 2.98. The van der Waals surface area contributed by atoms with Gasteiger partial charge in [0.1, 0.15) is 12.2 Å². The SMILES string of the molecule is N#CC(c1cccnc1)c1ccncn1. The zero-order chi connectivity index (χ0) is 10.5. The predicted octanol–water partition coefficient (Wildman–Crippen LogP) is 1.53. The normalized spacial score (nSPS) is 11.7. The van der Waals surface area contributed by atoms with Crippen molar-refractivity contribution in [3.8, 4) is 6.07 Å². The number of nitriles is 1. The molecule has 0 bridgehead atoms. The third-order valence-corrected chi connectivity index (χ3v) is 2.05. The van der Waals surface area contributed by atoms with Crippen molar-refractivity contribution in [2.45, 2.75) is 5.92 Å². The van der Waals surface area contributed by atoms with Gasteiger partial charge in [0.15, 0.2) is 0 Å². The highest BCUT2D eigenvalue weighted by Crippen LogP contribution is 2.20.